The number of quaternary nitrogens is 1. The molecule has 2 amide bonds. The molecular formula is C15H21FN3O2+. The molecule has 1 aromatic carbocycles. The van der Waals surface area contributed by atoms with E-state index in [1.165, 1.54) is 6.07 Å². The van der Waals surface area contributed by atoms with Crippen molar-refractivity contribution in [2.75, 3.05) is 20.1 Å². The summed E-state index contributed by atoms with van der Waals surface area (Å²) in [4.78, 5) is 24.2. The molecule has 1 aromatic rings. The molecule has 0 heterocycles. The maximum atomic E-state index is 13.4. The monoisotopic (exact) mass is 294 g/mol. The summed E-state index contributed by atoms with van der Waals surface area (Å²) in [5.74, 6) is -0.561. The lowest BCUT2D eigenvalue weighted by molar-refractivity contribution is -0.862. The minimum atomic E-state index is -0.331. The van der Waals surface area contributed by atoms with Gasteiger partial charge in [0.05, 0.1) is 7.05 Å². The maximum absolute atomic E-state index is 13.4. The highest BCUT2D eigenvalue weighted by Crippen LogP contribution is 2.17. The van der Waals surface area contributed by atoms with Crippen molar-refractivity contribution in [3.8, 4) is 0 Å². The molecule has 0 radical (unpaired) electrons. The summed E-state index contributed by atoms with van der Waals surface area (Å²) in [5.41, 5.74) is 0.454. The minimum Gasteiger partial charge on any atom is -0.348 e. The van der Waals surface area contributed by atoms with Gasteiger partial charge in [0.1, 0.15) is 5.82 Å². The minimum absolute atomic E-state index is 0.0306. The Morgan fingerprint density at radius 2 is 1.90 bits per heavy atom. The van der Waals surface area contributed by atoms with E-state index in [4.69, 9.17) is 0 Å². The second kappa shape index (κ2) is 7.17. The van der Waals surface area contributed by atoms with Gasteiger partial charge in [0.15, 0.2) is 13.1 Å². The number of carbonyl (C=O) groups is 2. The first-order valence-electron chi connectivity index (χ1n) is 7.15. The van der Waals surface area contributed by atoms with Crippen molar-refractivity contribution in [1.29, 1.82) is 0 Å². The first-order chi connectivity index (χ1) is 10.0. The van der Waals surface area contributed by atoms with Crippen molar-refractivity contribution in [2.45, 2.75) is 25.4 Å². The Morgan fingerprint density at radius 1 is 1.24 bits per heavy atom. The van der Waals surface area contributed by atoms with E-state index in [0.29, 0.717) is 11.6 Å². The Kier molecular flexibility index (Phi) is 5.27. The van der Waals surface area contributed by atoms with Crippen LogP contribution in [-0.2, 0) is 16.1 Å². The van der Waals surface area contributed by atoms with Crippen LogP contribution in [0.25, 0.3) is 0 Å². The van der Waals surface area contributed by atoms with Crippen molar-refractivity contribution in [3.05, 3.63) is 35.6 Å². The molecule has 1 saturated carbocycles. The summed E-state index contributed by atoms with van der Waals surface area (Å²) in [6, 6.07) is 6.66. The molecule has 2 rings (SSSR count). The van der Waals surface area contributed by atoms with E-state index in [1.807, 2.05) is 0 Å². The van der Waals surface area contributed by atoms with Crippen LogP contribution in [-0.4, -0.2) is 38.0 Å². The largest absolute Gasteiger partial charge is 0.348 e. The van der Waals surface area contributed by atoms with Gasteiger partial charge in [0.25, 0.3) is 11.8 Å². The molecule has 0 aliphatic heterocycles. The van der Waals surface area contributed by atoms with Crippen molar-refractivity contribution in [1.82, 2.24) is 10.6 Å². The number of carbonyl (C=O) groups excluding carboxylic acids is 2. The van der Waals surface area contributed by atoms with E-state index >= 15 is 0 Å². The average molecular weight is 294 g/mol. The van der Waals surface area contributed by atoms with Crippen molar-refractivity contribution in [3.63, 3.8) is 0 Å². The van der Waals surface area contributed by atoms with Gasteiger partial charge in [-0.2, -0.15) is 0 Å². The lowest BCUT2D eigenvalue weighted by Gasteiger charge is -2.13. The van der Waals surface area contributed by atoms with Gasteiger partial charge in [-0.3, -0.25) is 9.59 Å². The molecule has 1 fully saturated rings. The summed E-state index contributed by atoms with van der Waals surface area (Å²) < 4.78 is 13.4. The van der Waals surface area contributed by atoms with Crippen LogP contribution in [0.2, 0.25) is 0 Å². The fourth-order valence-electron chi connectivity index (χ4n) is 2.02. The van der Waals surface area contributed by atoms with Crippen LogP contribution in [0.4, 0.5) is 4.39 Å². The molecule has 0 spiro atoms. The van der Waals surface area contributed by atoms with Gasteiger partial charge in [-0.1, -0.05) is 18.2 Å². The van der Waals surface area contributed by atoms with Crippen LogP contribution in [0, 0.1) is 5.82 Å². The molecule has 0 bridgehead atoms. The highest BCUT2D eigenvalue weighted by Gasteiger charge is 2.24. The normalized spacial score (nSPS) is 15.3. The summed E-state index contributed by atoms with van der Waals surface area (Å²) >= 11 is 0. The molecule has 114 valence electrons. The van der Waals surface area contributed by atoms with Crippen LogP contribution in [0.15, 0.2) is 24.3 Å². The number of likely N-dealkylation sites (N-methyl/N-ethyl adjacent to an activating group) is 1. The van der Waals surface area contributed by atoms with Crippen LogP contribution in [0.5, 0.6) is 0 Å². The molecule has 1 atom stereocenters. The molecule has 1 aliphatic carbocycles. The van der Waals surface area contributed by atoms with Crippen LogP contribution >= 0.6 is 0 Å². The van der Waals surface area contributed by atoms with Gasteiger partial charge in [0, 0.05) is 18.2 Å². The van der Waals surface area contributed by atoms with E-state index in [9.17, 15) is 14.0 Å². The van der Waals surface area contributed by atoms with E-state index in [-0.39, 0.29) is 37.3 Å². The zero-order chi connectivity index (χ0) is 15.2. The Bertz CT molecular complexity index is 517. The third kappa shape index (κ3) is 5.51. The second-order valence-corrected chi connectivity index (χ2v) is 5.52. The molecule has 0 saturated heterocycles. The van der Waals surface area contributed by atoms with Crippen LogP contribution in [0.3, 0.4) is 0 Å². The van der Waals surface area contributed by atoms with Gasteiger partial charge < -0.3 is 15.5 Å². The van der Waals surface area contributed by atoms with Gasteiger partial charge in [-0.15, -0.1) is 0 Å². The highest BCUT2D eigenvalue weighted by atomic mass is 19.1. The highest BCUT2D eigenvalue weighted by molar-refractivity contribution is 5.79. The standard InChI is InChI=1S/C15H20FN3O2/c1-19(10-15(21)18-12-6-7-12)9-14(20)17-8-11-4-2-3-5-13(11)16/h2-5,12H,6-10H2,1H3,(H,17,20)(H,18,21)/p+1. The average Bonchev–Trinajstić information content (AvgIpc) is 3.21. The number of halogens is 1. The zero-order valence-corrected chi connectivity index (χ0v) is 12.1. The molecule has 1 unspecified atom stereocenters. The van der Waals surface area contributed by atoms with Crippen molar-refractivity contribution in [2.24, 2.45) is 0 Å². The molecule has 5 nitrogen and oxygen atoms in total. The lowest BCUT2D eigenvalue weighted by atomic mass is 10.2. The summed E-state index contributed by atoms with van der Waals surface area (Å²) in [6.07, 6.45) is 2.10. The molecule has 21 heavy (non-hydrogen) atoms. The Hall–Kier alpha value is -1.95. The van der Waals surface area contributed by atoms with E-state index in [1.54, 1.807) is 25.2 Å². The number of nitrogens with one attached hydrogen (secondary N) is 3. The number of hydrogen-bond donors (Lipinski definition) is 3. The summed E-state index contributed by atoms with van der Waals surface area (Å²) in [6.45, 7) is 0.614. The molecule has 6 heteroatoms. The lowest BCUT2D eigenvalue weighted by Crippen LogP contribution is -3.11. The van der Waals surface area contributed by atoms with Gasteiger partial charge in [-0.25, -0.2) is 4.39 Å². The quantitative estimate of drug-likeness (QED) is 0.619. The van der Waals surface area contributed by atoms with Crippen LogP contribution in [0.1, 0.15) is 18.4 Å². The number of benzene rings is 1. The van der Waals surface area contributed by atoms with Crippen molar-refractivity contribution < 1.29 is 18.9 Å². The van der Waals surface area contributed by atoms with Crippen molar-refractivity contribution >= 4 is 11.8 Å². The number of amides is 2. The van der Waals surface area contributed by atoms with Gasteiger partial charge in [-0.05, 0) is 18.9 Å². The van der Waals surface area contributed by atoms with Gasteiger partial charge >= 0.3 is 0 Å². The molecule has 3 N–H and O–H groups in total. The van der Waals surface area contributed by atoms with Gasteiger partial charge in [0.2, 0.25) is 0 Å². The molecular weight excluding hydrogens is 273 g/mol. The fourth-order valence-corrected chi connectivity index (χ4v) is 2.02. The molecule has 0 aromatic heterocycles. The fraction of sp³-hybridized carbons (Fsp3) is 0.467. The van der Waals surface area contributed by atoms with E-state index in [2.05, 4.69) is 10.6 Å². The summed E-state index contributed by atoms with van der Waals surface area (Å²) in [5, 5.41) is 5.55. The summed E-state index contributed by atoms with van der Waals surface area (Å²) in [7, 11) is 1.79. The van der Waals surface area contributed by atoms with E-state index in [0.717, 1.165) is 17.7 Å². The Labute approximate surface area is 123 Å². The molecule has 1 aliphatic rings. The van der Waals surface area contributed by atoms with Crippen LogP contribution < -0.4 is 15.5 Å². The first kappa shape index (κ1) is 15.4. The Balaban J connectivity index is 1.68. The maximum Gasteiger partial charge on any atom is 0.275 e. The first-order valence-corrected chi connectivity index (χ1v) is 7.15. The number of rotatable bonds is 7. The third-order valence-corrected chi connectivity index (χ3v) is 3.30. The third-order valence-electron chi connectivity index (χ3n) is 3.30. The topological polar surface area (TPSA) is 62.6 Å². The number of hydrogen-bond acceptors (Lipinski definition) is 2. The zero-order valence-electron chi connectivity index (χ0n) is 12.1. The predicted octanol–water partition coefficient (Wildman–Crippen LogP) is -0.765. The van der Waals surface area contributed by atoms with E-state index < -0.39 is 0 Å². The second-order valence-electron chi connectivity index (χ2n) is 5.52. The SMILES string of the molecule is C[NH+](CC(=O)NCc1ccccc1F)CC(=O)NC1CC1. The predicted molar refractivity (Wildman–Crippen MR) is 76.0 cm³/mol. The smallest absolute Gasteiger partial charge is 0.275 e. The Morgan fingerprint density at radius 3 is 2.57 bits per heavy atom.